The molecule has 0 saturated heterocycles. The molecule has 1 aromatic carbocycles. The first-order chi connectivity index (χ1) is 7.67. The molecular formula is C12H19NO2S. The molecule has 1 atom stereocenters. The lowest BCUT2D eigenvalue weighted by Crippen LogP contribution is -2.27. The largest absolute Gasteiger partial charge is 0.507 e. The molecule has 0 aliphatic carbocycles. The predicted molar refractivity (Wildman–Crippen MR) is 69.3 cm³/mol. The standard InChI is InChI=1S/C12H19NO2S/c1-9(8-16-3)13-7-10-4-5-11(15-2)6-12(10)14/h4-6,9,13-14H,7-8H2,1-3H3. The Morgan fingerprint density at radius 3 is 2.81 bits per heavy atom. The zero-order valence-electron chi connectivity index (χ0n) is 9.99. The van der Waals surface area contributed by atoms with Crippen LogP contribution in [0.2, 0.25) is 0 Å². The molecule has 0 spiro atoms. The summed E-state index contributed by atoms with van der Waals surface area (Å²) in [5.41, 5.74) is 0.897. The van der Waals surface area contributed by atoms with Crippen molar-refractivity contribution in [1.29, 1.82) is 0 Å². The lowest BCUT2D eigenvalue weighted by Gasteiger charge is -2.13. The number of hydrogen-bond acceptors (Lipinski definition) is 4. The fourth-order valence-electron chi connectivity index (χ4n) is 1.41. The molecule has 0 aliphatic heterocycles. The van der Waals surface area contributed by atoms with Crippen LogP contribution in [0.1, 0.15) is 12.5 Å². The summed E-state index contributed by atoms with van der Waals surface area (Å²) in [4.78, 5) is 0. The van der Waals surface area contributed by atoms with Crippen molar-refractivity contribution in [2.75, 3.05) is 19.1 Å². The monoisotopic (exact) mass is 241 g/mol. The third-order valence-electron chi connectivity index (χ3n) is 2.35. The SMILES string of the molecule is COc1ccc(CNC(C)CSC)c(O)c1. The molecule has 1 aromatic rings. The van der Waals surface area contributed by atoms with Crippen LogP contribution in [-0.2, 0) is 6.54 Å². The predicted octanol–water partition coefficient (Wildman–Crippen LogP) is 2.24. The van der Waals surface area contributed by atoms with E-state index in [0.717, 1.165) is 11.3 Å². The summed E-state index contributed by atoms with van der Waals surface area (Å²) in [6.45, 7) is 2.81. The molecule has 1 unspecified atom stereocenters. The van der Waals surface area contributed by atoms with Crippen LogP contribution in [-0.4, -0.2) is 30.3 Å². The minimum atomic E-state index is 0.281. The van der Waals surface area contributed by atoms with Gasteiger partial charge in [-0.2, -0.15) is 11.8 Å². The highest BCUT2D eigenvalue weighted by Gasteiger charge is 2.05. The first kappa shape index (κ1) is 13.2. The zero-order valence-corrected chi connectivity index (χ0v) is 10.8. The maximum atomic E-state index is 9.74. The molecule has 0 aromatic heterocycles. The Bertz CT molecular complexity index is 331. The van der Waals surface area contributed by atoms with E-state index in [4.69, 9.17) is 4.74 Å². The number of rotatable bonds is 6. The molecule has 1 rings (SSSR count). The van der Waals surface area contributed by atoms with Crippen molar-refractivity contribution in [1.82, 2.24) is 5.32 Å². The van der Waals surface area contributed by atoms with E-state index in [-0.39, 0.29) is 5.75 Å². The second kappa shape index (κ2) is 6.66. The van der Waals surface area contributed by atoms with Crippen LogP contribution in [0, 0.1) is 0 Å². The third-order valence-corrected chi connectivity index (χ3v) is 3.18. The van der Waals surface area contributed by atoms with Crippen LogP contribution in [0.4, 0.5) is 0 Å². The van der Waals surface area contributed by atoms with E-state index in [2.05, 4.69) is 18.5 Å². The van der Waals surface area contributed by atoms with Crippen LogP contribution in [0.15, 0.2) is 18.2 Å². The fraction of sp³-hybridized carbons (Fsp3) is 0.500. The van der Waals surface area contributed by atoms with Crippen LogP contribution >= 0.6 is 11.8 Å². The summed E-state index contributed by atoms with van der Waals surface area (Å²) in [6, 6.07) is 5.82. The topological polar surface area (TPSA) is 41.5 Å². The number of ether oxygens (including phenoxy) is 1. The van der Waals surface area contributed by atoms with Crippen LogP contribution in [0.5, 0.6) is 11.5 Å². The highest BCUT2D eigenvalue weighted by atomic mass is 32.2. The van der Waals surface area contributed by atoms with Crippen molar-refractivity contribution in [3.63, 3.8) is 0 Å². The first-order valence-corrected chi connectivity index (χ1v) is 6.65. The highest BCUT2D eigenvalue weighted by molar-refractivity contribution is 7.98. The molecule has 0 heterocycles. The van der Waals surface area contributed by atoms with E-state index < -0.39 is 0 Å². The Morgan fingerprint density at radius 2 is 2.25 bits per heavy atom. The molecule has 16 heavy (non-hydrogen) atoms. The zero-order chi connectivity index (χ0) is 12.0. The highest BCUT2D eigenvalue weighted by Crippen LogP contribution is 2.23. The Hall–Kier alpha value is -0.870. The Balaban J connectivity index is 2.54. The quantitative estimate of drug-likeness (QED) is 0.801. The number of methoxy groups -OCH3 is 1. The molecule has 0 fully saturated rings. The van der Waals surface area contributed by atoms with Gasteiger partial charge in [0, 0.05) is 30.0 Å². The molecule has 0 bridgehead atoms. The van der Waals surface area contributed by atoms with Gasteiger partial charge in [0.15, 0.2) is 0 Å². The Morgan fingerprint density at radius 1 is 1.50 bits per heavy atom. The van der Waals surface area contributed by atoms with Gasteiger partial charge in [-0.15, -0.1) is 0 Å². The summed E-state index contributed by atoms with van der Waals surface area (Å²) in [5.74, 6) is 2.03. The van der Waals surface area contributed by atoms with E-state index in [0.29, 0.717) is 18.3 Å². The lowest BCUT2D eigenvalue weighted by atomic mass is 10.2. The van der Waals surface area contributed by atoms with Gasteiger partial charge in [0.05, 0.1) is 7.11 Å². The maximum Gasteiger partial charge on any atom is 0.123 e. The van der Waals surface area contributed by atoms with E-state index >= 15 is 0 Å². The van der Waals surface area contributed by atoms with Gasteiger partial charge in [-0.25, -0.2) is 0 Å². The number of phenols is 1. The number of thioether (sulfide) groups is 1. The first-order valence-electron chi connectivity index (χ1n) is 5.25. The average molecular weight is 241 g/mol. The minimum absolute atomic E-state index is 0.281. The molecule has 0 radical (unpaired) electrons. The number of benzene rings is 1. The van der Waals surface area contributed by atoms with Crippen LogP contribution in [0.25, 0.3) is 0 Å². The van der Waals surface area contributed by atoms with Gasteiger partial charge in [-0.05, 0) is 19.2 Å². The van der Waals surface area contributed by atoms with Gasteiger partial charge < -0.3 is 15.2 Å². The number of nitrogens with one attached hydrogen (secondary N) is 1. The lowest BCUT2D eigenvalue weighted by molar-refractivity contribution is 0.405. The molecule has 0 saturated carbocycles. The molecule has 2 N–H and O–H groups in total. The van der Waals surface area contributed by atoms with Crippen molar-refractivity contribution in [3.05, 3.63) is 23.8 Å². The van der Waals surface area contributed by atoms with Crippen LogP contribution < -0.4 is 10.1 Å². The van der Waals surface area contributed by atoms with Gasteiger partial charge in [-0.3, -0.25) is 0 Å². The summed E-state index contributed by atoms with van der Waals surface area (Å²) >= 11 is 1.81. The molecule has 0 aliphatic rings. The number of aromatic hydroxyl groups is 1. The van der Waals surface area contributed by atoms with Crippen molar-refractivity contribution < 1.29 is 9.84 Å². The smallest absolute Gasteiger partial charge is 0.123 e. The van der Waals surface area contributed by atoms with Gasteiger partial charge in [0.25, 0.3) is 0 Å². The summed E-state index contributed by atoms with van der Waals surface area (Å²) < 4.78 is 5.03. The molecule has 0 amide bonds. The summed E-state index contributed by atoms with van der Waals surface area (Å²) in [7, 11) is 1.59. The molecule has 90 valence electrons. The van der Waals surface area contributed by atoms with Gasteiger partial charge >= 0.3 is 0 Å². The van der Waals surface area contributed by atoms with Gasteiger partial charge in [0.2, 0.25) is 0 Å². The fourth-order valence-corrected chi connectivity index (χ4v) is 2.03. The van der Waals surface area contributed by atoms with Crippen molar-refractivity contribution in [2.45, 2.75) is 19.5 Å². The van der Waals surface area contributed by atoms with Gasteiger partial charge in [0.1, 0.15) is 11.5 Å². The normalized spacial score (nSPS) is 12.4. The summed E-state index contributed by atoms with van der Waals surface area (Å²) in [6.07, 6.45) is 2.09. The van der Waals surface area contributed by atoms with E-state index in [9.17, 15) is 5.11 Å². The van der Waals surface area contributed by atoms with E-state index in [1.165, 1.54) is 0 Å². The average Bonchev–Trinajstić information content (AvgIpc) is 2.27. The van der Waals surface area contributed by atoms with Crippen LogP contribution in [0.3, 0.4) is 0 Å². The van der Waals surface area contributed by atoms with Crippen molar-refractivity contribution in [3.8, 4) is 11.5 Å². The second-order valence-corrected chi connectivity index (χ2v) is 4.64. The molecule has 3 nitrogen and oxygen atoms in total. The minimum Gasteiger partial charge on any atom is -0.507 e. The van der Waals surface area contributed by atoms with E-state index in [1.54, 1.807) is 13.2 Å². The third kappa shape index (κ3) is 3.94. The molecular weight excluding hydrogens is 222 g/mol. The Labute approximate surface area is 101 Å². The summed E-state index contributed by atoms with van der Waals surface area (Å²) in [5, 5.41) is 13.1. The van der Waals surface area contributed by atoms with Crippen molar-refractivity contribution in [2.24, 2.45) is 0 Å². The maximum absolute atomic E-state index is 9.74. The van der Waals surface area contributed by atoms with Crippen molar-refractivity contribution >= 4 is 11.8 Å². The Kier molecular flexibility index (Phi) is 5.49. The second-order valence-electron chi connectivity index (χ2n) is 3.73. The van der Waals surface area contributed by atoms with Gasteiger partial charge in [-0.1, -0.05) is 6.07 Å². The molecule has 4 heteroatoms. The van der Waals surface area contributed by atoms with E-state index in [1.807, 2.05) is 23.9 Å². The number of hydrogen-bond donors (Lipinski definition) is 2. The number of phenolic OH excluding ortho intramolecular Hbond substituents is 1.